The molecular weight excluding hydrogens is 334 g/mol. The second-order valence-electron chi connectivity index (χ2n) is 5.78. The fraction of sp³-hybridized carbons (Fsp3) is 0.222. The van der Waals surface area contributed by atoms with Gasteiger partial charge in [0, 0.05) is 11.4 Å². The molecule has 0 unspecified atom stereocenters. The molecule has 2 aromatic carbocycles. The largest absolute Gasteiger partial charge is 0.325 e. The summed E-state index contributed by atoms with van der Waals surface area (Å²) < 4.78 is 1.60. The van der Waals surface area contributed by atoms with E-state index in [2.05, 4.69) is 52.0 Å². The molecule has 0 saturated carbocycles. The molecule has 3 aromatic rings. The van der Waals surface area contributed by atoms with Gasteiger partial charge < -0.3 is 5.32 Å². The molecule has 0 saturated heterocycles. The van der Waals surface area contributed by atoms with Crippen molar-refractivity contribution in [3.8, 4) is 5.69 Å². The van der Waals surface area contributed by atoms with Crippen LogP contribution in [0.5, 0.6) is 0 Å². The second kappa shape index (κ2) is 7.94. The number of nitrogens with one attached hydrogen (secondary N) is 1. The standard InChI is InChI=1S/C18H19N5OS/c1-13-3-5-15(6-4-13)10-25-11-18(24)20-16-7-8-17(14(2)9-16)23-12-19-21-22-23/h3-9,12H,10-11H2,1-2H3,(H,20,24). The third kappa shape index (κ3) is 4.67. The van der Waals surface area contributed by atoms with Gasteiger partial charge in [-0.15, -0.1) is 16.9 Å². The molecule has 1 aromatic heterocycles. The SMILES string of the molecule is Cc1ccc(CSCC(=O)Nc2ccc(-n3cnnn3)c(C)c2)cc1. The van der Waals surface area contributed by atoms with Crippen molar-refractivity contribution < 1.29 is 4.79 Å². The van der Waals surface area contributed by atoms with Crippen LogP contribution < -0.4 is 5.32 Å². The van der Waals surface area contributed by atoms with E-state index in [9.17, 15) is 4.79 Å². The summed E-state index contributed by atoms with van der Waals surface area (Å²) in [7, 11) is 0. The van der Waals surface area contributed by atoms with Crippen molar-refractivity contribution in [2.75, 3.05) is 11.1 Å². The number of hydrogen-bond acceptors (Lipinski definition) is 5. The average molecular weight is 353 g/mol. The molecule has 1 N–H and O–H groups in total. The first-order chi connectivity index (χ1) is 12.1. The minimum absolute atomic E-state index is 0.00770. The maximum Gasteiger partial charge on any atom is 0.234 e. The van der Waals surface area contributed by atoms with Gasteiger partial charge in [-0.05, 0) is 53.6 Å². The monoisotopic (exact) mass is 353 g/mol. The number of carbonyl (C=O) groups is 1. The van der Waals surface area contributed by atoms with E-state index in [1.807, 2.05) is 25.1 Å². The molecular formula is C18H19N5OS. The van der Waals surface area contributed by atoms with Gasteiger partial charge >= 0.3 is 0 Å². The lowest BCUT2D eigenvalue weighted by Gasteiger charge is -2.09. The first-order valence-corrected chi connectivity index (χ1v) is 9.04. The molecule has 7 heteroatoms. The number of nitrogens with zero attached hydrogens (tertiary/aromatic N) is 4. The first kappa shape index (κ1) is 17.2. The molecule has 25 heavy (non-hydrogen) atoms. The molecule has 0 atom stereocenters. The minimum Gasteiger partial charge on any atom is -0.325 e. The molecule has 0 radical (unpaired) electrons. The lowest BCUT2D eigenvalue weighted by atomic mass is 10.2. The topological polar surface area (TPSA) is 72.7 Å². The smallest absolute Gasteiger partial charge is 0.234 e. The summed E-state index contributed by atoms with van der Waals surface area (Å²) in [6.45, 7) is 4.02. The Kier molecular flexibility index (Phi) is 5.45. The third-order valence-corrected chi connectivity index (χ3v) is 4.70. The predicted octanol–water partition coefficient (Wildman–Crippen LogP) is 3.15. The van der Waals surface area contributed by atoms with Crippen molar-refractivity contribution in [3.63, 3.8) is 0 Å². The number of tetrazole rings is 1. The molecule has 1 amide bonds. The number of anilines is 1. The van der Waals surface area contributed by atoms with Crippen LogP contribution in [0.25, 0.3) is 5.69 Å². The third-order valence-electron chi connectivity index (χ3n) is 3.70. The molecule has 0 aliphatic heterocycles. The molecule has 1 heterocycles. The molecule has 0 aliphatic carbocycles. The van der Waals surface area contributed by atoms with Gasteiger partial charge in [0.15, 0.2) is 0 Å². The van der Waals surface area contributed by atoms with E-state index < -0.39 is 0 Å². The fourth-order valence-corrected chi connectivity index (χ4v) is 3.19. The maximum absolute atomic E-state index is 12.1. The summed E-state index contributed by atoms with van der Waals surface area (Å²) in [5, 5.41) is 14.1. The molecule has 0 fully saturated rings. The Hall–Kier alpha value is -2.67. The van der Waals surface area contributed by atoms with Gasteiger partial charge in [-0.3, -0.25) is 4.79 Å². The van der Waals surface area contributed by atoms with Crippen LogP contribution in [0.4, 0.5) is 5.69 Å². The molecule has 0 bridgehead atoms. The Morgan fingerprint density at radius 2 is 1.96 bits per heavy atom. The second-order valence-corrected chi connectivity index (χ2v) is 6.77. The van der Waals surface area contributed by atoms with Crippen LogP contribution in [0.3, 0.4) is 0 Å². The van der Waals surface area contributed by atoms with Crippen LogP contribution in [0.15, 0.2) is 48.8 Å². The van der Waals surface area contributed by atoms with E-state index in [1.165, 1.54) is 11.1 Å². The number of thioether (sulfide) groups is 1. The van der Waals surface area contributed by atoms with Crippen molar-refractivity contribution in [2.24, 2.45) is 0 Å². The Balaban J connectivity index is 1.52. The quantitative estimate of drug-likeness (QED) is 0.737. The zero-order valence-corrected chi connectivity index (χ0v) is 15.0. The van der Waals surface area contributed by atoms with Crippen LogP contribution >= 0.6 is 11.8 Å². The van der Waals surface area contributed by atoms with Gasteiger partial charge in [0.05, 0.1) is 11.4 Å². The van der Waals surface area contributed by atoms with Gasteiger partial charge in [-0.1, -0.05) is 29.8 Å². The Morgan fingerprint density at radius 1 is 1.16 bits per heavy atom. The molecule has 0 aliphatic rings. The Labute approximate surface area is 150 Å². The highest BCUT2D eigenvalue weighted by Gasteiger charge is 2.07. The van der Waals surface area contributed by atoms with Gasteiger partial charge in [-0.2, -0.15) is 0 Å². The first-order valence-electron chi connectivity index (χ1n) is 7.89. The number of aryl methyl sites for hydroxylation is 2. The summed E-state index contributed by atoms with van der Waals surface area (Å²) >= 11 is 1.60. The van der Waals surface area contributed by atoms with Gasteiger partial charge in [0.1, 0.15) is 6.33 Å². The minimum atomic E-state index is -0.00770. The van der Waals surface area contributed by atoms with Crippen molar-refractivity contribution in [3.05, 3.63) is 65.5 Å². The van der Waals surface area contributed by atoms with Crippen LogP contribution in [-0.2, 0) is 10.5 Å². The Morgan fingerprint density at radius 3 is 2.64 bits per heavy atom. The van der Waals surface area contributed by atoms with E-state index in [0.29, 0.717) is 5.75 Å². The zero-order valence-electron chi connectivity index (χ0n) is 14.1. The van der Waals surface area contributed by atoms with Crippen molar-refractivity contribution >= 4 is 23.4 Å². The van der Waals surface area contributed by atoms with E-state index >= 15 is 0 Å². The summed E-state index contributed by atoms with van der Waals surface area (Å²) in [5.74, 6) is 1.23. The lowest BCUT2D eigenvalue weighted by Crippen LogP contribution is -2.14. The van der Waals surface area contributed by atoms with Crippen molar-refractivity contribution in [1.82, 2.24) is 20.2 Å². The highest BCUT2D eigenvalue weighted by atomic mass is 32.2. The normalized spacial score (nSPS) is 10.6. The van der Waals surface area contributed by atoms with Crippen LogP contribution in [-0.4, -0.2) is 31.9 Å². The summed E-state index contributed by atoms with van der Waals surface area (Å²) in [5.41, 5.74) is 5.11. The van der Waals surface area contributed by atoms with Crippen LogP contribution in [0, 0.1) is 13.8 Å². The number of amides is 1. The molecule has 3 rings (SSSR count). The highest BCUT2D eigenvalue weighted by molar-refractivity contribution is 7.99. The number of benzene rings is 2. The van der Waals surface area contributed by atoms with E-state index in [1.54, 1.807) is 22.8 Å². The number of carbonyl (C=O) groups excluding carboxylic acids is 1. The number of aromatic nitrogens is 4. The van der Waals surface area contributed by atoms with Gasteiger partial charge in [0.2, 0.25) is 5.91 Å². The van der Waals surface area contributed by atoms with E-state index in [4.69, 9.17) is 0 Å². The summed E-state index contributed by atoms with van der Waals surface area (Å²) in [6, 6.07) is 14.0. The zero-order chi connectivity index (χ0) is 17.6. The van der Waals surface area contributed by atoms with Gasteiger partial charge in [0.25, 0.3) is 0 Å². The van der Waals surface area contributed by atoms with Crippen molar-refractivity contribution in [1.29, 1.82) is 0 Å². The maximum atomic E-state index is 12.1. The number of hydrogen-bond donors (Lipinski definition) is 1. The highest BCUT2D eigenvalue weighted by Crippen LogP contribution is 2.19. The number of rotatable bonds is 6. The Bertz CT molecular complexity index is 846. The summed E-state index contributed by atoms with van der Waals surface area (Å²) in [4.78, 5) is 12.1. The van der Waals surface area contributed by atoms with Crippen LogP contribution in [0.2, 0.25) is 0 Å². The molecule has 6 nitrogen and oxygen atoms in total. The fourth-order valence-electron chi connectivity index (χ4n) is 2.40. The molecule has 0 spiro atoms. The van der Waals surface area contributed by atoms with E-state index in [0.717, 1.165) is 22.7 Å². The molecule has 128 valence electrons. The van der Waals surface area contributed by atoms with Crippen molar-refractivity contribution in [2.45, 2.75) is 19.6 Å². The average Bonchev–Trinajstić information content (AvgIpc) is 3.11. The summed E-state index contributed by atoms with van der Waals surface area (Å²) in [6.07, 6.45) is 1.54. The van der Waals surface area contributed by atoms with Crippen LogP contribution in [0.1, 0.15) is 16.7 Å². The predicted molar refractivity (Wildman–Crippen MR) is 99.9 cm³/mol. The van der Waals surface area contributed by atoms with Gasteiger partial charge in [-0.25, -0.2) is 4.68 Å². The van der Waals surface area contributed by atoms with E-state index in [-0.39, 0.29) is 5.91 Å². The lowest BCUT2D eigenvalue weighted by molar-refractivity contribution is -0.113.